The molecule has 0 unspecified atom stereocenters. The number of aromatic nitrogens is 1. The number of benzene rings is 2. The number of aromatic amines is 1. The first-order valence-electron chi connectivity index (χ1n) is 13.6. The molecular weight excluding hydrogens is 546 g/mol. The number of amides is 3. The number of halogens is 1. The molecule has 10 nitrogen and oxygen atoms in total. The van der Waals surface area contributed by atoms with Crippen molar-refractivity contribution in [3.8, 4) is 0 Å². The average molecular weight is 574 g/mol. The van der Waals surface area contributed by atoms with Crippen LogP contribution in [0.3, 0.4) is 0 Å². The maximum absolute atomic E-state index is 13.1. The van der Waals surface area contributed by atoms with E-state index >= 15 is 0 Å². The molecule has 4 heterocycles. The molecule has 1 aromatic heterocycles. The molecule has 0 saturated carbocycles. The second-order valence-electron chi connectivity index (χ2n) is 10.4. The van der Waals surface area contributed by atoms with Crippen molar-refractivity contribution in [3.63, 3.8) is 0 Å². The summed E-state index contributed by atoms with van der Waals surface area (Å²) < 4.78 is 0. The summed E-state index contributed by atoms with van der Waals surface area (Å²) in [6.07, 6.45) is 2.89. The Labute approximate surface area is 240 Å². The van der Waals surface area contributed by atoms with Crippen LogP contribution in [-0.2, 0) is 11.2 Å². The highest BCUT2D eigenvalue weighted by Gasteiger charge is 2.37. The lowest BCUT2D eigenvalue weighted by Gasteiger charge is -2.18. The lowest BCUT2D eigenvalue weighted by Crippen LogP contribution is -2.34. The lowest BCUT2D eigenvalue weighted by molar-refractivity contribution is -0.127. The SMILES string of the molecule is O=C1CCCN1CCCN1C(=O)c2cc3c(cc2C1=O)N=C(c1c(NC[C@@H](O)c2cccc(Cl)c2)cc[nH]c1=O)C3. The maximum Gasteiger partial charge on any atom is 0.261 e. The molecule has 1 saturated heterocycles. The molecule has 41 heavy (non-hydrogen) atoms. The zero-order chi connectivity index (χ0) is 28.7. The summed E-state index contributed by atoms with van der Waals surface area (Å²) in [4.78, 5) is 61.4. The third kappa shape index (κ3) is 5.16. The molecule has 3 aliphatic rings. The molecule has 6 rings (SSSR count). The van der Waals surface area contributed by atoms with Crippen LogP contribution in [0.15, 0.2) is 58.4 Å². The van der Waals surface area contributed by atoms with E-state index in [2.05, 4.69) is 15.3 Å². The molecule has 0 spiro atoms. The van der Waals surface area contributed by atoms with Crippen LogP contribution in [0.4, 0.5) is 11.4 Å². The average Bonchev–Trinajstić information content (AvgIpc) is 3.63. The van der Waals surface area contributed by atoms with Crippen molar-refractivity contribution in [2.75, 3.05) is 31.5 Å². The van der Waals surface area contributed by atoms with Crippen LogP contribution >= 0.6 is 11.6 Å². The van der Waals surface area contributed by atoms with Gasteiger partial charge in [0.25, 0.3) is 17.4 Å². The number of carbonyl (C=O) groups is 3. The van der Waals surface area contributed by atoms with E-state index in [-0.39, 0.29) is 36.4 Å². The van der Waals surface area contributed by atoms with Gasteiger partial charge >= 0.3 is 0 Å². The molecule has 0 bridgehead atoms. The summed E-state index contributed by atoms with van der Waals surface area (Å²) in [7, 11) is 0. The third-order valence-corrected chi connectivity index (χ3v) is 7.97. The monoisotopic (exact) mass is 573 g/mol. The summed E-state index contributed by atoms with van der Waals surface area (Å²) >= 11 is 6.05. The lowest BCUT2D eigenvalue weighted by atomic mass is 10.00. The standard InChI is InChI=1S/C30H28ClN5O5/c31-19-5-1-4-17(12-19)25(37)16-33-22-7-8-32-28(39)27(22)24-14-18-13-20-21(15-23(18)34-24)30(41)36(29(20)40)11-3-10-35-9-2-6-26(35)38/h1,4-5,7-8,12-13,15,25,37H,2-3,6,9-11,14,16H2,(H2,32,33,39)/t25-/m1/s1. The minimum atomic E-state index is -0.859. The Morgan fingerprint density at radius 2 is 1.85 bits per heavy atom. The number of aliphatic imine (C=N–C) groups is 1. The number of H-pyrrole nitrogens is 1. The van der Waals surface area contributed by atoms with Gasteiger partial charge in [-0.05, 0) is 54.3 Å². The van der Waals surface area contributed by atoms with Gasteiger partial charge in [-0.2, -0.15) is 0 Å². The topological polar surface area (TPSA) is 135 Å². The fourth-order valence-corrected chi connectivity index (χ4v) is 5.84. The first-order chi connectivity index (χ1) is 19.8. The van der Waals surface area contributed by atoms with Crippen molar-refractivity contribution in [3.05, 3.63) is 91.9 Å². The Morgan fingerprint density at radius 1 is 1.05 bits per heavy atom. The number of aliphatic hydroxyl groups excluding tert-OH is 1. The van der Waals surface area contributed by atoms with Crippen molar-refractivity contribution in [2.45, 2.75) is 31.8 Å². The molecule has 2 aromatic carbocycles. The van der Waals surface area contributed by atoms with Gasteiger partial charge < -0.3 is 20.3 Å². The molecule has 0 aliphatic carbocycles. The maximum atomic E-state index is 13.1. The van der Waals surface area contributed by atoms with Gasteiger partial charge in [-0.15, -0.1) is 0 Å². The molecule has 11 heteroatoms. The number of nitrogens with zero attached hydrogens (tertiary/aromatic N) is 3. The van der Waals surface area contributed by atoms with Crippen LogP contribution in [0.2, 0.25) is 5.02 Å². The van der Waals surface area contributed by atoms with E-state index in [1.54, 1.807) is 47.4 Å². The summed E-state index contributed by atoms with van der Waals surface area (Å²) in [6.45, 7) is 1.62. The number of carbonyl (C=O) groups excluding carboxylic acids is 3. The number of hydrogen-bond donors (Lipinski definition) is 3. The molecule has 3 aromatic rings. The number of anilines is 1. The minimum Gasteiger partial charge on any atom is -0.387 e. The van der Waals surface area contributed by atoms with Gasteiger partial charge in [-0.3, -0.25) is 29.1 Å². The number of rotatable bonds is 9. The summed E-state index contributed by atoms with van der Waals surface area (Å²) in [6, 6.07) is 11.9. The molecular formula is C30H28ClN5O5. The van der Waals surface area contributed by atoms with E-state index < -0.39 is 6.10 Å². The fraction of sp³-hybridized carbons (Fsp3) is 0.300. The summed E-state index contributed by atoms with van der Waals surface area (Å²) in [5, 5.41) is 14.3. The number of likely N-dealkylation sites (tertiary alicyclic amines) is 1. The number of nitrogens with one attached hydrogen (secondary N) is 2. The fourth-order valence-electron chi connectivity index (χ4n) is 5.64. The molecule has 210 valence electrons. The van der Waals surface area contributed by atoms with E-state index in [1.807, 2.05) is 0 Å². The summed E-state index contributed by atoms with van der Waals surface area (Å²) in [5.41, 5.74) is 3.54. The largest absolute Gasteiger partial charge is 0.387 e. The van der Waals surface area contributed by atoms with Crippen LogP contribution in [0.5, 0.6) is 0 Å². The van der Waals surface area contributed by atoms with Gasteiger partial charge in [-0.1, -0.05) is 23.7 Å². The Balaban J connectivity index is 1.18. The van der Waals surface area contributed by atoms with Crippen molar-refractivity contribution < 1.29 is 19.5 Å². The predicted octanol–water partition coefficient (Wildman–Crippen LogP) is 3.46. The van der Waals surface area contributed by atoms with Crippen molar-refractivity contribution >= 4 is 46.4 Å². The second-order valence-corrected chi connectivity index (χ2v) is 10.8. The van der Waals surface area contributed by atoms with Crippen molar-refractivity contribution in [1.29, 1.82) is 0 Å². The molecule has 1 atom stereocenters. The third-order valence-electron chi connectivity index (χ3n) is 7.73. The predicted molar refractivity (Wildman–Crippen MR) is 154 cm³/mol. The van der Waals surface area contributed by atoms with Crippen LogP contribution < -0.4 is 10.9 Å². The highest BCUT2D eigenvalue weighted by Crippen LogP contribution is 2.36. The van der Waals surface area contributed by atoms with E-state index in [9.17, 15) is 24.3 Å². The van der Waals surface area contributed by atoms with Gasteiger partial charge in [-0.25, -0.2) is 0 Å². The molecule has 3 N–H and O–H groups in total. The van der Waals surface area contributed by atoms with Crippen molar-refractivity contribution in [1.82, 2.24) is 14.8 Å². The van der Waals surface area contributed by atoms with Crippen LogP contribution in [0.1, 0.15) is 62.8 Å². The molecule has 3 amide bonds. The number of imide groups is 1. The second kappa shape index (κ2) is 10.9. The van der Waals surface area contributed by atoms with Crippen LogP contribution in [0.25, 0.3) is 0 Å². The highest BCUT2D eigenvalue weighted by molar-refractivity contribution is 6.30. The Hall–Kier alpha value is -4.28. The zero-order valence-electron chi connectivity index (χ0n) is 22.2. The van der Waals surface area contributed by atoms with Gasteiger partial charge in [0.15, 0.2) is 0 Å². The number of pyridine rings is 1. The molecule has 1 fully saturated rings. The zero-order valence-corrected chi connectivity index (χ0v) is 22.9. The van der Waals surface area contributed by atoms with E-state index in [0.29, 0.717) is 70.2 Å². The van der Waals surface area contributed by atoms with Gasteiger partial charge in [0.1, 0.15) is 0 Å². The van der Waals surface area contributed by atoms with Gasteiger partial charge in [0.05, 0.1) is 39.9 Å². The molecule has 0 radical (unpaired) electrons. The Kier molecular flexibility index (Phi) is 7.19. The van der Waals surface area contributed by atoms with Crippen LogP contribution in [0, 0.1) is 0 Å². The van der Waals surface area contributed by atoms with Crippen LogP contribution in [-0.4, -0.2) is 69.5 Å². The van der Waals surface area contributed by atoms with Gasteiger partial charge in [0.2, 0.25) is 5.91 Å². The smallest absolute Gasteiger partial charge is 0.261 e. The van der Waals surface area contributed by atoms with E-state index in [4.69, 9.17) is 11.6 Å². The highest BCUT2D eigenvalue weighted by atomic mass is 35.5. The minimum absolute atomic E-state index is 0.116. The number of aliphatic hydroxyl groups is 1. The van der Waals surface area contributed by atoms with E-state index in [0.717, 1.165) is 18.5 Å². The van der Waals surface area contributed by atoms with Gasteiger partial charge in [0, 0.05) is 50.2 Å². The first kappa shape index (κ1) is 26.9. The quantitative estimate of drug-likeness (QED) is 0.336. The van der Waals surface area contributed by atoms with E-state index in [1.165, 1.54) is 11.1 Å². The summed E-state index contributed by atoms with van der Waals surface area (Å²) in [5.74, 6) is -0.617. The first-order valence-corrected chi connectivity index (χ1v) is 14.0. The van der Waals surface area contributed by atoms with Crippen molar-refractivity contribution in [2.24, 2.45) is 4.99 Å². The normalized spacial score (nSPS) is 16.7. The number of fused-ring (bicyclic) bond motifs is 2. The Bertz CT molecular complexity index is 1670. The number of hydrogen-bond acceptors (Lipinski definition) is 7. The molecule has 3 aliphatic heterocycles. The Morgan fingerprint density at radius 3 is 2.61 bits per heavy atom.